The van der Waals surface area contributed by atoms with E-state index in [1.54, 1.807) is 4.90 Å². The maximum absolute atomic E-state index is 14.1. The van der Waals surface area contributed by atoms with Gasteiger partial charge in [0.15, 0.2) is 0 Å². The van der Waals surface area contributed by atoms with E-state index in [0.29, 0.717) is 30.7 Å². The van der Waals surface area contributed by atoms with Crippen molar-refractivity contribution in [2.45, 2.75) is 57.4 Å². The molecule has 1 aromatic carbocycles. The van der Waals surface area contributed by atoms with Gasteiger partial charge in [-0.15, -0.1) is 0 Å². The van der Waals surface area contributed by atoms with Gasteiger partial charge in [0.05, 0.1) is 16.0 Å². The van der Waals surface area contributed by atoms with Crippen LogP contribution in [0.5, 0.6) is 0 Å². The number of likely N-dealkylation sites (tertiary alicyclic amines) is 1. The van der Waals surface area contributed by atoms with Crippen LogP contribution in [0.2, 0.25) is 0 Å². The largest absolute Gasteiger partial charge is 0.330 e. The molecule has 5 aliphatic rings. The first-order valence-electron chi connectivity index (χ1n) is 10.9. The topological polar surface area (TPSA) is 92.5 Å². The Balaban J connectivity index is 1.34. The Labute approximate surface area is 174 Å². The van der Waals surface area contributed by atoms with E-state index >= 15 is 0 Å². The highest BCUT2D eigenvalue weighted by atomic mass is 19.1. The lowest BCUT2D eigenvalue weighted by atomic mass is 9.49. The van der Waals surface area contributed by atoms with Crippen molar-refractivity contribution in [3.05, 3.63) is 34.1 Å². The Bertz CT molecular complexity index is 882. The zero-order valence-corrected chi connectivity index (χ0v) is 16.8. The minimum absolute atomic E-state index is 0.0961. The molecule has 7 nitrogen and oxygen atoms in total. The van der Waals surface area contributed by atoms with E-state index < -0.39 is 22.7 Å². The van der Waals surface area contributed by atoms with Gasteiger partial charge in [-0.1, -0.05) is 0 Å². The van der Waals surface area contributed by atoms with Gasteiger partial charge in [0.1, 0.15) is 11.9 Å². The fraction of sp³-hybridized carbons (Fsp3) is 0.636. The Kier molecular flexibility index (Phi) is 4.56. The van der Waals surface area contributed by atoms with Crippen molar-refractivity contribution in [1.29, 1.82) is 0 Å². The third kappa shape index (κ3) is 3.17. The first-order chi connectivity index (χ1) is 14.3. The Morgan fingerprint density at radius 2 is 1.77 bits per heavy atom. The lowest BCUT2D eigenvalue weighted by Crippen LogP contribution is -2.56. The quantitative estimate of drug-likeness (QED) is 0.597. The van der Waals surface area contributed by atoms with E-state index in [0.717, 1.165) is 43.9 Å². The van der Waals surface area contributed by atoms with Crippen molar-refractivity contribution < 1.29 is 18.9 Å². The van der Waals surface area contributed by atoms with Crippen LogP contribution in [0.3, 0.4) is 0 Å². The second kappa shape index (κ2) is 7.03. The Hall–Kier alpha value is -2.51. The monoisotopic (exact) mass is 415 g/mol. The van der Waals surface area contributed by atoms with Crippen molar-refractivity contribution in [2.75, 3.05) is 11.9 Å². The smallest absolute Gasteiger partial charge is 0.271 e. The first kappa shape index (κ1) is 19.5. The zero-order valence-electron chi connectivity index (χ0n) is 16.8. The molecule has 8 heteroatoms. The van der Waals surface area contributed by atoms with E-state index in [1.807, 2.05) is 0 Å². The number of nitro benzene ring substituents is 1. The number of hydrogen-bond donors (Lipinski definition) is 1. The van der Waals surface area contributed by atoms with Crippen LogP contribution in [0.4, 0.5) is 15.8 Å². The fourth-order valence-electron chi connectivity index (χ4n) is 6.90. The number of anilines is 1. The van der Waals surface area contributed by atoms with Gasteiger partial charge in [-0.2, -0.15) is 0 Å². The predicted octanol–water partition coefficient (Wildman–Crippen LogP) is 3.88. The normalized spacial score (nSPS) is 34.2. The summed E-state index contributed by atoms with van der Waals surface area (Å²) < 4.78 is 14.1. The molecule has 0 radical (unpaired) electrons. The molecule has 1 aromatic rings. The summed E-state index contributed by atoms with van der Waals surface area (Å²) in [7, 11) is 0. The molecule has 1 aliphatic heterocycles. The molecule has 1 heterocycles. The molecule has 4 saturated carbocycles. The molecule has 0 spiro atoms. The van der Waals surface area contributed by atoms with Crippen LogP contribution in [-0.4, -0.2) is 34.2 Å². The van der Waals surface area contributed by atoms with Gasteiger partial charge in [-0.25, -0.2) is 4.39 Å². The minimum Gasteiger partial charge on any atom is -0.330 e. The summed E-state index contributed by atoms with van der Waals surface area (Å²) >= 11 is 0. The number of carbonyl (C=O) groups excluding carboxylic acids is 2. The van der Waals surface area contributed by atoms with Gasteiger partial charge in [0.2, 0.25) is 11.8 Å². The lowest BCUT2D eigenvalue weighted by molar-refractivity contribution is -0.384. The minimum atomic E-state index is -0.731. The van der Waals surface area contributed by atoms with Gasteiger partial charge in [0, 0.05) is 18.7 Å². The number of benzene rings is 1. The van der Waals surface area contributed by atoms with E-state index in [2.05, 4.69) is 5.32 Å². The van der Waals surface area contributed by atoms with Crippen molar-refractivity contribution in [2.24, 2.45) is 23.2 Å². The highest BCUT2D eigenvalue weighted by Crippen LogP contribution is 2.60. The van der Waals surface area contributed by atoms with Crippen molar-refractivity contribution in [3.8, 4) is 0 Å². The second-order valence-electron chi connectivity index (χ2n) is 9.76. The standard InChI is InChI=1S/C22H26FN3O4/c23-17-4-3-16(26(29)30)9-18(17)24-20(27)19-2-1-5-25(19)21(28)22-10-13-6-14(11-22)8-15(7-13)12-22/h3-4,9,13-15,19H,1-2,5-8,10-12H2,(H,24,27). The highest BCUT2D eigenvalue weighted by molar-refractivity contribution is 5.98. The molecule has 1 saturated heterocycles. The average molecular weight is 415 g/mol. The molecule has 4 aliphatic carbocycles. The first-order valence-corrected chi connectivity index (χ1v) is 10.9. The van der Waals surface area contributed by atoms with E-state index in [4.69, 9.17) is 0 Å². The molecule has 160 valence electrons. The van der Waals surface area contributed by atoms with Crippen LogP contribution in [-0.2, 0) is 9.59 Å². The van der Waals surface area contributed by atoms with E-state index in [9.17, 15) is 24.1 Å². The van der Waals surface area contributed by atoms with Gasteiger partial charge in [0.25, 0.3) is 5.69 Å². The van der Waals surface area contributed by atoms with Gasteiger partial charge < -0.3 is 10.2 Å². The molecule has 1 atom stereocenters. The van der Waals surface area contributed by atoms with Gasteiger partial charge >= 0.3 is 0 Å². The third-order valence-corrected chi connectivity index (χ3v) is 7.73. The van der Waals surface area contributed by atoms with E-state index in [1.165, 1.54) is 19.3 Å². The Morgan fingerprint density at radius 1 is 1.13 bits per heavy atom. The number of halogens is 1. The lowest BCUT2D eigenvalue weighted by Gasteiger charge is -2.56. The van der Waals surface area contributed by atoms with Crippen LogP contribution in [0.15, 0.2) is 18.2 Å². The van der Waals surface area contributed by atoms with E-state index in [-0.39, 0.29) is 22.7 Å². The molecule has 4 bridgehead atoms. The van der Waals surface area contributed by atoms with Gasteiger partial charge in [-0.3, -0.25) is 19.7 Å². The summed E-state index contributed by atoms with van der Waals surface area (Å²) in [5.41, 5.74) is -0.836. The van der Waals surface area contributed by atoms with Crippen LogP contribution in [0.1, 0.15) is 51.4 Å². The summed E-state index contributed by atoms with van der Waals surface area (Å²) in [4.78, 5) is 38.7. The van der Waals surface area contributed by atoms with Crippen LogP contribution in [0, 0.1) is 39.1 Å². The van der Waals surface area contributed by atoms with Crippen molar-refractivity contribution >= 4 is 23.2 Å². The SMILES string of the molecule is O=C(Nc1cc([N+](=O)[O-])ccc1F)C1CCCN1C(=O)C12CC3CC(CC(C3)C1)C2. The van der Waals surface area contributed by atoms with Crippen molar-refractivity contribution in [3.63, 3.8) is 0 Å². The molecular weight excluding hydrogens is 389 g/mol. The summed E-state index contributed by atoms with van der Waals surface area (Å²) in [5, 5.41) is 13.5. The molecule has 1 N–H and O–H groups in total. The van der Waals surface area contributed by atoms with Crippen LogP contribution >= 0.6 is 0 Å². The molecule has 5 fully saturated rings. The number of non-ortho nitro benzene ring substituents is 1. The molecule has 6 rings (SSSR count). The second-order valence-corrected chi connectivity index (χ2v) is 9.76. The fourth-order valence-corrected chi connectivity index (χ4v) is 6.90. The molecular formula is C22H26FN3O4. The zero-order chi connectivity index (χ0) is 21.0. The average Bonchev–Trinajstić information content (AvgIpc) is 3.17. The summed E-state index contributed by atoms with van der Waals surface area (Å²) in [6.07, 6.45) is 7.77. The molecule has 1 unspecified atom stereocenters. The van der Waals surface area contributed by atoms with Crippen LogP contribution in [0.25, 0.3) is 0 Å². The summed E-state index contributed by atoms with van der Waals surface area (Å²) in [6.45, 7) is 0.538. The maximum Gasteiger partial charge on any atom is 0.271 e. The number of amides is 2. The number of carbonyl (C=O) groups is 2. The van der Waals surface area contributed by atoms with Gasteiger partial charge in [-0.05, 0) is 75.2 Å². The summed E-state index contributed by atoms with van der Waals surface area (Å²) in [6, 6.07) is 2.40. The highest BCUT2D eigenvalue weighted by Gasteiger charge is 2.56. The molecule has 30 heavy (non-hydrogen) atoms. The number of nitro groups is 1. The Morgan fingerprint density at radius 3 is 2.37 bits per heavy atom. The summed E-state index contributed by atoms with van der Waals surface area (Å²) in [5.74, 6) is 0.798. The number of hydrogen-bond acceptors (Lipinski definition) is 4. The number of rotatable bonds is 4. The number of nitrogens with one attached hydrogen (secondary N) is 1. The number of nitrogens with zero attached hydrogens (tertiary/aromatic N) is 2. The van der Waals surface area contributed by atoms with Crippen molar-refractivity contribution in [1.82, 2.24) is 4.90 Å². The molecule has 2 amide bonds. The maximum atomic E-state index is 14.1. The van der Waals surface area contributed by atoms with Crippen LogP contribution < -0.4 is 5.32 Å². The predicted molar refractivity (Wildman–Crippen MR) is 107 cm³/mol. The third-order valence-electron chi connectivity index (χ3n) is 7.73. The molecule has 0 aromatic heterocycles.